The molecule has 0 amide bonds. The first kappa shape index (κ1) is 12.4. The molecule has 2 rings (SSSR count). The molecule has 2 N–H and O–H groups in total. The minimum atomic E-state index is -0.192. The van der Waals surface area contributed by atoms with Crippen molar-refractivity contribution in [3.8, 4) is 5.75 Å². The Morgan fingerprint density at radius 3 is 2.88 bits per heavy atom. The molecule has 0 aromatic heterocycles. The number of hydrogen-bond acceptors (Lipinski definition) is 3. The lowest BCUT2D eigenvalue weighted by Crippen LogP contribution is -2.37. The van der Waals surface area contributed by atoms with Crippen molar-refractivity contribution in [2.75, 3.05) is 7.11 Å². The normalized spacial score (nSPS) is 25.8. The first-order chi connectivity index (χ1) is 8.20. The van der Waals surface area contributed by atoms with Gasteiger partial charge in [-0.15, -0.1) is 0 Å². The maximum atomic E-state index is 9.80. The van der Waals surface area contributed by atoms with Gasteiger partial charge >= 0.3 is 0 Å². The lowest BCUT2D eigenvalue weighted by atomic mass is 10.1. The van der Waals surface area contributed by atoms with Crippen LogP contribution in [0.2, 0.25) is 0 Å². The Balaban J connectivity index is 2.00. The summed E-state index contributed by atoms with van der Waals surface area (Å²) in [4.78, 5) is 0. The summed E-state index contributed by atoms with van der Waals surface area (Å²) in [7, 11) is 1.68. The number of ether oxygens (including phenoxy) is 1. The Morgan fingerprint density at radius 1 is 1.41 bits per heavy atom. The van der Waals surface area contributed by atoms with Crippen LogP contribution in [0.1, 0.15) is 37.8 Å². The molecule has 0 heterocycles. The van der Waals surface area contributed by atoms with Gasteiger partial charge in [0.1, 0.15) is 5.75 Å². The van der Waals surface area contributed by atoms with Crippen molar-refractivity contribution >= 4 is 0 Å². The maximum absolute atomic E-state index is 9.80. The summed E-state index contributed by atoms with van der Waals surface area (Å²) in [6.07, 6.45) is 2.91. The summed E-state index contributed by atoms with van der Waals surface area (Å²) >= 11 is 0. The van der Waals surface area contributed by atoms with Gasteiger partial charge in [0.2, 0.25) is 0 Å². The molecule has 0 spiro atoms. The average Bonchev–Trinajstić information content (AvgIpc) is 2.75. The van der Waals surface area contributed by atoms with Gasteiger partial charge in [-0.25, -0.2) is 0 Å². The van der Waals surface area contributed by atoms with Crippen LogP contribution in [0.4, 0.5) is 0 Å². The van der Waals surface area contributed by atoms with Gasteiger partial charge in [0.15, 0.2) is 0 Å². The molecule has 3 atom stereocenters. The van der Waals surface area contributed by atoms with E-state index in [2.05, 4.69) is 18.3 Å². The van der Waals surface area contributed by atoms with E-state index in [-0.39, 0.29) is 18.2 Å². The summed E-state index contributed by atoms with van der Waals surface area (Å²) in [5.41, 5.74) is 1.20. The molecule has 3 heteroatoms. The van der Waals surface area contributed by atoms with Crippen LogP contribution in [-0.2, 0) is 0 Å². The summed E-state index contributed by atoms with van der Waals surface area (Å²) in [5, 5.41) is 13.3. The Bertz CT molecular complexity index is 367. The SMILES string of the molecule is COc1cccc([C@@H](C)N[C@H]2CCC[C@@H]2O)c1. The fourth-order valence-corrected chi connectivity index (χ4v) is 2.46. The van der Waals surface area contributed by atoms with Gasteiger partial charge in [0.05, 0.1) is 13.2 Å². The van der Waals surface area contributed by atoms with Gasteiger partial charge in [0.25, 0.3) is 0 Å². The number of benzene rings is 1. The van der Waals surface area contributed by atoms with Gasteiger partial charge in [0, 0.05) is 12.1 Å². The highest BCUT2D eigenvalue weighted by molar-refractivity contribution is 5.30. The van der Waals surface area contributed by atoms with Crippen molar-refractivity contribution in [2.24, 2.45) is 0 Å². The Hall–Kier alpha value is -1.06. The molecule has 0 unspecified atom stereocenters. The highest BCUT2D eigenvalue weighted by atomic mass is 16.5. The van der Waals surface area contributed by atoms with Gasteiger partial charge in [-0.05, 0) is 43.9 Å². The Kier molecular flexibility index (Phi) is 4.02. The highest BCUT2D eigenvalue weighted by Crippen LogP contribution is 2.24. The summed E-state index contributed by atoms with van der Waals surface area (Å²) in [5.74, 6) is 0.878. The number of nitrogens with one attached hydrogen (secondary N) is 1. The molecule has 3 nitrogen and oxygen atoms in total. The van der Waals surface area contributed by atoms with Crippen molar-refractivity contribution in [1.82, 2.24) is 5.32 Å². The number of rotatable bonds is 4. The van der Waals surface area contributed by atoms with Crippen molar-refractivity contribution in [3.63, 3.8) is 0 Å². The molecule has 1 fully saturated rings. The molecule has 1 aromatic rings. The molecule has 0 bridgehead atoms. The third-order valence-corrected chi connectivity index (χ3v) is 3.54. The van der Waals surface area contributed by atoms with Crippen LogP contribution in [0.25, 0.3) is 0 Å². The number of methoxy groups -OCH3 is 1. The second kappa shape index (κ2) is 5.52. The van der Waals surface area contributed by atoms with E-state index in [0.29, 0.717) is 0 Å². The molecular formula is C14H21NO2. The monoisotopic (exact) mass is 235 g/mol. The van der Waals surface area contributed by atoms with Crippen LogP contribution in [0, 0.1) is 0 Å². The zero-order chi connectivity index (χ0) is 12.3. The van der Waals surface area contributed by atoms with Crippen LogP contribution in [0.5, 0.6) is 5.75 Å². The van der Waals surface area contributed by atoms with Crippen molar-refractivity contribution in [3.05, 3.63) is 29.8 Å². The topological polar surface area (TPSA) is 41.5 Å². The van der Waals surface area contributed by atoms with E-state index in [1.807, 2.05) is 18.2 Å². The second-order valence-corrected chi connectivity index (χ2v) is 4.77. The van der Waals surface area contributed by atoms with Gasteiger partial charge < -0.3 is 15.2 Å². The van der Waals surface area contributed by atoms with E-state index >= 15 is 0 Å². The third kappa shape index (κ3) is 2.99. The standard InChI is InChI=1S/C14H21NO2/c1-10(15-13-7-4-8-14(13)16)11-5-3-6-12(9-11)17-2/h3,5-6,9-10,13-16H,4,7-8H2,1-2H3/t10-,13+,14+/m1/s1. The van der Waals surface area contributed by atoms with E-state index in [1.165, 1.54) is 5.56 Å². The number of hydrogen-bond donors (Lipinski definition) is 2. The van der Waals surface area contributed by atoms with E-state index in [9.17, 15) is 5.11 Å². The van der Waals surface area contributed by atoms with Gasteiger partial charge in [-0.3, -0.25) is 0 Å². The van der Waals surface area contributed by atoms with Crippen LogP contribution in [0.15, 0.2) is 24.3 Å². The zero-order valence-corrected chi connectivity index (χ0v) is 10.5. The first-order valence-electron chi connectivity index (χ1n) is 6.29. The predicted octanol–water partition coefficient (Wildman–Crippen LogP) is 2.26. The molecular weight excluding hydrogens is 214 g/mol. The van der Waals surface area contributed by atoms with Crippen molar-refractivity contribution < 1.29 is 9.84 Å². The Labute approximate surface area is 103 Å². The van der Waals surface area contributed by atoms with E-state index < -0.39 is 0 Å². The number of aliphatic hydroxyl groups is 1. The molecule has 94 valence electrons. The van der Waals surface area contributed by atoms with Gasteiger partial charge in [-0.1, -0.05) is 12.1 Å². The molecule has 0 aliphatic heterocycles. The van der Waals surface area contributed by atoms with Crippen LogP contribution >= 0.6 is 0 Å². The lowest BCUT2D eigenvalue weighted by molar-refractivity contribution is 0.144. The maximum Gasteiger partial charge on any atom is 0.119 e. The van der Waals surface area contributed by atoms with E-state index in [0.717, 1.165) is 25.0 Å². The third-order valence-electron chi connectivity index (χ3n) is 3.54. The minimum absolute atomic E-state index is 0.192. The average molecular weight is 235 g/mol. The fourth-order valence-electron chi connectivity index (χ4n) is 2.46. The predicted molar refractivity (Wildman–Crippen MR) is 68.2 cm³/mol. The zero-order valence-electron chi connectivity index (χ0n) is 10.5. The molecule has 1 aliphatic rings. The number of aliphatic hydroxyl groups excluding tert-OH is 1. The smallest absolute Gasteiger partial charge is 0.119 e. The Morgan fingerprint density at radius 2 is 2.24 bits per heavy atom. The first-order valence-corrected chi connectivity index (χ1v) is 6.29. The van der Waals surface area contributed by atoms with Crippen molar-refractivity contribution in [1.29, 1.82) is 0 Å². The fraction of sp³-hybridized carbons (Fsp3) is 0.571. The van der Waals surface area contributed by atoms with Gasteiger partial charge in [-0.2, -0.15) is 0 Å². The summed E-state index contributed by atoms with van der Waals surface area (Å²) < 4.78 is 5.22. The van der Waals surface area contributed by atoms with E-state index in [1.54, 1.807) is 7.11 Å². The molecule has 1 aromatic carbocycles. The molecule has 1 saturated carbocycles. The van der Waals surface area contributed by atoms with Crippen LogP contribution in [-0.4, -0.2) is 24.4 Å². The largest absolute Gasteiger partial charge is 0.497 e. The molecule has 0 radical (unpaired) electrons. The molecule has 1 aliphatic carbocycles. The highest BCUT2D eigenvalue weighted by Gasteiger charge is 2.26. The lowest BCUT2D eigenvalue weighted by Gasteiger charge is -2.22. The summed E-state index contributed by atoms with van der Waals surface area (Å²) in [6.45, 7) is 2.12. The minimum Gasteiger partial charge on any atom is -0.497 e. The summed E-state index contributed by atoms with van der Waals surface area (Å²) in [6, 6.07) is 8.54. The second-order valence-electron chi connectivity index (χ2n) is 4.77. The van der Waals surface area contributed by atoms with Crippen LogP contribution < -0.4 is 10.1 Å². The molecule has 0 saturated heterocycles. The van der Waals surface area contributed by atoms with E-state index in [4.69, 9.17) is 4.74 Å². The quantitative estimate of drug-likeness (QED) is 0.841. The van der Waals surface area contributed by atoms with Crippen molar-refractivity contribution in [2.45, 2.75) is 44.4 Å². The molecule has 17 heavy (non-hydrogen) atoms. The van der Waals surface area contributed by atoms with Crippen LogP contribution in [0.3, 0.4) is 0 Å².